The second-order valence-electron chi connectivity index (χ2n) is 5.49. The molecule has 0 atom stereocenters. The Hall–Kier alpha value is -2.51. The lowest BCUT2D eigenvalue weighted by atomic mass is 10.3. The van der Waals surface area contributed by atoms with E-state index < -0.39 is 11.6 Å². The van der Waals surface area contributed by atoms with Crippen molar-refractivity contribution in [2.75, 3.05) is 19.6 Å². The molecular weight excluding hydrogens is 306 g/mol. The summed E-state index contributed by atoms with van der Waals surface area (Å²) < 4.78 is 27.8. The molecule has 2 aromatic rings. The molecule has 23 heavy (non-hydrogen) atoms. The van der Waals surface area contributed by atoms with E-state index in [4.69, 9.17) is 0 Å². The maximum atomic E-state index is 13.3. The number of imidazole rings is 1. The molecule has 8 heteroatoms. The van der Waals surface area contributed by atoms with Crippen molar-refractivity contribution in [3.63, 3.8) is 0 Å². The van der Waals surface area contributed by atoms with Crippen LogP contribution >= 0.6 is 0 Å². The van der Waals surface area contributed by atoms with Crippen molar-refractivity contribution in [2.24, 2.45) is 0 Å². The van der Waals surface area contributed by atoms with Crippen molar-refractivity contribution in [1.29, 1.82) is 0 Å². The second-order valence-corrected chi connectivity index (χ2v) is 5.49. The summed E-state index contributed by atoms with van der Waals surface area (Å²) in [4.78, 5) is 29.4. The zero-order chi connectivity index (χ0) is 16.4. The summed E-state index contributed by atoms with van der Waals surface area (Å²) in [5.41, 5.74) is 0.592. The largest absolute Gasteiger partial charge is 0.345 e. The highest BCUT2D eigenvalue weighted by Crippen LogP contribution is 2.17. The van der Waals surface area contributed by atoms with Crippen molar-refractivity contribution in [3.05, 3.63) is 30.1 Å². The predicted molar refractivity (Wildman–Crippen MR) is 78.5 cm³/mol. The lowest BCUT2D eigenvalue weighted by molar-refractivity contribution is -0.132. The van der Waals surface area contributed by atoms with E-state index in [9.17, 15) is 18.4 Å². The molecule has 0 aliphatic carbocycles. The average Bonchev–Trinajstić information content (AvgIpc) is 3.17. The van der Waals surface area contributed by atoms with Crippen molar-refractivity contribution in [2.45, 2.75) is 19.4 Å². The summed E-state index contributed by atoms with van der Waals surface area (Å²) in [7, 11) is 0. The number of benzene rings is 1. The molecule has 2 heterocycles. The van der Waals surface area contributed by atoms with Gasteiger partial charge in [0.2, 0.25) is 11.8 Å². The van der Waals surface area contributed by atoms with Gasteiger partial charge in [0.25, 0.3) is 0 Å². The smallest absolute Gasteiger partial charge is 0.241 e. The minimum Gasteiger partial charge on any atom is -0.345 e. The molecule has 2 amide bonds. The van der Waals surface area contributed by atoms with Gasteiger partial charge >= 0.3 is 0 Å². The molecule has 0 unspecified atom stereocenters. The van der Waals surface area contributed by atoms with Crippen LogP contribution in [0.1, 0.15) is 12.8 Å². The van der Waals surface area contributed by atoms with Crippen molar-refractivity contribution < 1.29 is 18.4 Å². The van der Waals surface area contributed by atoms with E-state index in [0.717, 1.165) is 38.1 Å². The zero-order valence-electron chi connectivity index (χ0n) is 12.4. The number of hydrogen-bond acceptors (Lipinski definition) is 3. The molecule has 122 valence electrons. The first-order chi connectivity index (χ1) is 11.0. The quantitative estimate of drug-likeness (QED) is 0.915. The Morgan fingerprint density at radius 1 is 1.17 bits per heavy atom. The average molecular weight is 322 g/mol. The third-order valence-electron chi connectivity index (χ3n) is 3.87. The molecule has 1 fully saturated rings. The Kier molecular flexibility index (Phi) is 4.22. The van der Waals surface area contributed by atoms with Crippen LogP contribution in [0.15, 0.2) is 18.5 Å². The van der Waals surface area contributed by atoms with E-state index in [1.807, 2.05) is 0 Å². The standard InChI is InChI=1S/C15H16F2N4O2/c16-10-5-12-13(6-11(10)17)21(9-19-12)8-14(22)18-7-15(23)20-3-1-2-4-20/h5-6,9H,1-4,7-8H2,(H,18,22). The first-order valence-electron chi connectivity index (χ1n) is 7.39. The minimum absolute atomic E-state index is 0.0611. The number of carbonyl (C=O) groups excluding carboxylic acids is 2. The summed E-state index contributed by atoms with van der Waals surface area (Å²) in [6.07, 6.45) is 3.32. The molecule has 1 N–H and O–H groups in total. The van der Waals surface area contributed by atoms with Gasteiger partial charge in [-0.2, -0.15) is 0 Å². The number of fused-ring (bicyclic) bond motifs is 1. The van der Waals surface area contributed by atoms with Gasteiger partial charge in [0, 0.05) is 25.2 Å². The van der Waals surface area contributed by atoms with Crippen LogP contribution < -0.4 is 5.32 Å². The van der Waals surface area contributed by atoms with Gasteiger partial charge in [-0.15, -0.1) is 0 Å². The molecule has 1 aromatic heterocycles. The van der Waals surface area contributed by atoms with Crippen molar-refractivity contribution in [1.82, 2.24) is 19.8 Å². The van der Waals surface area contributed by atoms with E-state index in [2.05, 4.69) is 10.3 Å². The number of amides is 2. The first-order valence-corrected chi connectivity index (χ1v) is 7.39. The Morgan fingerprint density at radius 2 is 1.87 bits per heavy atom. The van der Waals surface area contributed by atoms with Gasteiger partial charge in [0.05, 0.1) is 23.9 Å². The molecule has 0 saturated carbocycles. The fourth-order valence-corrected chi connectivity index (χ4v) is 2.64. The van der Waals surface area contributed by atoms with Crippen LogP contribution in [-0.4, -0.2) is 45.9 Å². The Bertz CT molecular complexity index is 753. The Labute approximate surface area is 131 Å². The van der Waals surface area contributed by atoms with E-state index in [-0.39, 0.29) is 30.4 Å². The number of carbonyl (C=O) groups is 2. The highest BCUT2D eigenvalue weighted by atomic mass is 19.2. The number of hydrogen-bond donors (Lipinski definition) is 1. The molecule has 0 bridgehead atoms. The third-order valence-corrected chi connectivity index (χ3v) is 3.87. The van der Waals surface area contributed by atoms with Gasteiger partial charge in [0.1, 0.15) is 6.54 Å². The summed E-state index contributed by atoms with van der Waals surface area (Å²) in [6.45, 7) is 1.28. The summed E-state index contributed by atoms with van der Waals surface area (Å²) in [5, 5.41) is 2.54. The van der Waals surface area contributed by atoms with Crippen LogP contribution in [-0.2, 0) is 16.1 Å². The minimum atomic E-state index is -0.996. The van der Waals surface area contributed by atoms with Gasteiger partial charge < -0.3 is 14.8 Å². The molecular formula is C15H16F2N4O2. The maximum absolute atomic E-state index is 13.3. The predicted octanol–water partition coefficient (Wildman–Crippen LogP) is 1.05. The number of rotatable bonds is 4. The van der Waals surface area contributed by atoms with Gasteiger partial charge in [-0.1, -0.05) is 0 Å². The first kappa shape index (κ1) is 15.4. The van der Waals surface area contributed by atoms with Crippen LogP contribution in [0.2, 0.25) is 0 Å². The van der Waals surface area contributed by atoms with E-state index in [1.165, 1.54) is 10.9 Å². The Balaban J connectivity index is 1.61. The topological polar surface area (TPSA) is 67.2 Å². The molecule has 0 spiro atoms. The molecule has 1 aliphatic heterocycles. The normalized spacial score (nSPS) is 14.4. The van der Waals surface area contributed by atoms with Crippen LogP contribution in [0.3, 0.4) is 0 Å². The summed E-state index contributed by atoms with van der Waals surface area (Å²) in [6, 6.07) is 1.98. The van der Waals surface area contributed by atoms with Crippen LogP contribution in [0.5, 0.6) is 0 Å². The number of likely N-dealkylation sites (tertiary alicyclic amines) is 1. The lowest BCUT2D eigenvalue weighted by Gasteiger charge is -2.15. The molecule has 1 saturated heterocycles. The number of nitrogens with zero attached hydrogens (tertiary/aromatic N) is 3. The van der Waals surface area contributed by atoms with Crippen molar-refractivity contribution >= 4 is 22.8 Å². The summed E-state index contributed by atoms with van der Waals surface area (Å²) >= 11 is 0. The third kappa shape index (κ3) is 3.30. The highest BCUT2D eigenvalue weighted by molar-refractivity contribution is 5.85. The molecule has 0 radical (unpaired) electrons. The molecule has 1 aromatic carbocycles. The van der Waals surface area contributed by atoms with E-state index in [1.54, 1.807) is 4.90 Å². The molecule has 3 rings (SSSR count). The van der Waals surface area contributed by atoms with Gasteiger partial charge in [0.15, 0.2) is 11.6 Å². The number of aromatic nitrogens is 2. The van der Waals surface area contributed by atoms with Gasteiger partial charge in [-0.25, -0.2) is 13.8 Å². The fourth-order valence-electron chi connectivity index (χ4n) is 2.64. The van der Waals surface area contributed by atoms with Crippen molar-refractivity contribution in [3.8, 4) is 0 Å². The van der Waals surface area contributed by atoms with Crippen LogP contribution in [0.4, 0.5) is 8.78 Å². The summed E-state index contributed by atoms with van der Waals surface area (Å²) in [5.74, 6) is -2.48. The van der Waals surface area contributed by atoms with Gasteiger partial charge in [-0.3, -0.25) is 9.59 Å². The van der Waals surface area contributed by atoms with E-state index >= 15 is 0 Å². The van der Waals surface area contributed by atoms with Crippen LogP contribution in [0.25, 0.3) is 11.0 Å². The van der Waals surface area contributed by atoms with Gasteiger partial charge in [-0.05, 0) is 12.8 Å². The fraction of sp³-hybridized carbons (Fsp3) is 0.400. The zero-order valence-corrected chi connectivity index (χ0v) is 12.4. The molecule has 1 aliphatic rings. The lowest BCUT2D eigenvalue weighted by Crippen LogP contribution is -2.39. The Morgan fingerprint density at radius 3 is 2.61 bits per heavy atom. The number of nitrogens with one attached hydrogen (secondary N) is 1. The maximum Gasteiger partial charge on any atom is 0.241 e. The SMILES string of the molecule is O=C(Cn1cnc2cc(F)c(F)cc21)NCC(=O)N1CCCC1. The van der Waals surface area contributed by atoms with E-state index in [0.29, 0.717) is 5.52 Å². The monoisotopic (exact) mass is 322 g/mol. The number of halogens is 2. The second kappa shape index (κ2) is 6.31. The highest BCUT2D eigenvalue weighted by Gasteiger charge is 2.18. The van der Waals surface area contributed by atoms with Crippen LogP contribution in [0, 0.1) is 11.6 Å². The molecule has 6 nitrogen and oxygen atoms in total.